The van der Waals surface area contributed by atoms with Gasteiger partial charge in [0.25, 0.3) is 0 Å². The van der Waals surface area contributed by atoms with Gasteiger partial charge in [-0.05, 0) is 44.4 Å². The summed E-state index contributed by atoms with van der Waals surface area (Å²) in [5.74, 6) is -1.93. The van der Waals surface area contributed by atoms with Crippen molar-refractivity contribution in [3.05, 3.63) is 48.1 Å². The molecule has 0 atom stereocenters. The summed E-state index contributed by atoms with van der Waals surface area (Å²) in [7, 11) is 1.73. The first kappa shape index (κ1) is 25.2. The van der Waals surface area contributed by atoms with Crippen LogP contribution in [0, 0.1) is 17.7 Å². The largest absolute Gasteiger partial charge is 0.455 e. The standard InChI is InChI=1S/C25H28F2N6O3/c1-16-20(36-18-5-11-30-19(13-18)17(14-28)15-29-2)3-4-21(31-16)32-23(35)33-12-10-24(22(33)34)6-8-25(26,27)9-7-24/h3-5,11,13-15,28-29H,6-10,12H2,1-2H3,(H,31,32,35)/b17-15+,28-14?. The fourth-order valence-electron chi connectivity index (χ4n) is 4.58. The summed E-state index contributed by atoms with van der Waals surface area (Å²) in [6.07, 6.45) is 4.33. The van der Waals surface area contributed by atoms with Gasteiger partial charge in [-0.15, -0.1) is 0 Å². The van der Waals surface area contributed by atoms with Crippen LogP contribution >= 0.6 is 0 Å². The molecule has 1 spiro atoms. The highest BCUT2D eigenvalue weighted by molar-refractivity contribution is 6.07. The Labute approximate surface area is 207 Å². The molecular weight excluding hydrogens is 470 g/mol. The van der Waals surface area contributed by atoms with Gasteiger partial charge in [0.15, 0.2) is 0 Å². The molecule has 3 N–H and O–H groups in total. The van der Waals surface area contributed by atoms with Gasteiger partial charge in [0.2, 0.25) is 11.8 Å². The number of likely N-dealkylation sites (tertiary alicyclic amines) is 1. The highest BCUT2D eigenvalue weighted by Gasteiger charge is 2.53. The molecule has 1 saturated heterocycles. The van der Waals surface area contributed by atoms with Crippen LogP contribution in [0.25, 0.3) is 5.57 Å². The van der Waals surface area contributed by atoms with E-state index >= 15 is 0 Å². The van der Waals surface area contributed by atoms with Crippen molar-refractivity contribution in [3.63, 3.8) is 0 Å². The Morgan fingerprint density at radius 3 is 2.61 bits per heavy atom. The van der Waals surface area contributed by atoms with Gasteiger partial charge in [-0.25, -0.2) is 18.6 Å². The number of carbonyl (C=O) groups excluding carboxylic acids is 2. The van der Waals surface area contributed by atoms with Crippen LogP contribution in [-0.2, 0) is 4.79 Å². The van der Waals surface area contributed by atoms with Crippen molar-refractivity contribution in [2.24, 2.45) is 5.41 Å². The van der Waals surface area contributed by atoms with Crippen LogP contribution < -0.4 is 15.4 Å². The van der Waals surface area contributed by atoms with Crippen LogP contribution in [0.15, 0.2) is 36.7 Å². The molecule has 3 amide bonds. The summed E-state index contributed by atoms with van der Waals surface area (Å²) in [5, 5.41) is 13.0. The molecule has 0 radical (unpaired) electrons. The number of hydrogen-bond donors (Lipinski definition) is 3. The van der Waals surface area contributed by atoms with Crippen LogP contribution in [0.2, 0.25) is 0 Å². The SMILES string of the molecule is CN/C=C(\C=N)c1cc(Oc2ccc(NC(=O)N3CCC4(CCC(F)(F)CC4)C3=O)nc2C)ccn1. The molecule has 2 fully saturated rings. The maximum absolute atomic E-state index is 13.6. The number of carbonyl (C=O) groups is 2. The number of aromatic nitrogens is 2. The topological polar surface area (TPSA) is 120 Å². The molecule has 2 aromatic heterocycles. The molecule has 190 valence electrons. The Morgan fingerprint density at radius 2 is 1.94 bits per heavy atom. The quantitative estimate of drug-likeness (QED) is 0.495. The average Bonchev–Trinajstić information content (AvgIpc) is 3.17. The third-order valence-electron chi connectivity index (χ3n) is 6.68. The summed E-state index contributed by atoms with van der Waals surface area (Å²) >= 11 is 0. The zero-order valence-electron chi connectivity index (χ0n) is 20.1. The van der Waals surface area contributed by atoms with Gasteiger partial charge in [0.1, 0.15) is 17.3 Å². The molecule has 2 aliphatic rings. The van der Waals surface area contributed by atoms with E-state index in [0.717, 1.165) is 4.90 Å². The van der Waals surface area contributed by atoms with Crippen molar-refractivity contribution in [2.75, 3.05) is 18.9 Å². The number of aryl methyl sites for hydroxylation is 1. The van der Waals surface area contributed by atoms with Crippen molar-refractivity contribution >= 4 is 29.5 Å². The first-order valence-corrected chi connectivity index (χ1v) is 11.7. The summed E-state index contributed by atoms with van der Waals surface area (Å²) < 4.78 is 33.1. The van der Waals surface area contributed by atoms with E-state index in [0.29, 0.717) is 34.9 Å². The minimum atomic E-state index is -2.74. The number of amides is 3. The Balaban J connectivity index is 1.41. The summed E-state index contributed by atoms with van der Waals surface area (Å²) in [4.78, 5) is 35.4. The first-order chi connectivity index (χ1) is 17.2. The molecule has 2 aromatic rings. The molecule has 11 heteroatoms. The van der Waals surface area contributed by atoms with Gasteiger partial charge in [-0.1, -0.05) is 0 Å². The number of nitrogens with zero attached hydrogens (tertiary/aromatic N) is 3. The lowest BCUT2D eigenvalue weighted by Crippen LogP contribution is -2.43. The lowest BCUT2D eigenvalue weighted by Gasteiger charge is -2.35. The number of hydrogen-bond acceptors (Lipinski definition) is 7. The average molecular weight is 499 g/mol. The smallest absolute Gasteiger partial charge is 0.329 e. The number of nitrogens with one attached hydrogen (secondary N) is 3. The maximum Gasteiger partial charge on any atom is 0.329 e. The Hall–Kier alpha value is -3.89. The molecule has 9 nitrogen and oxygen atoms in total. The predicted molar refractivity (Wildman–Crippen MR) is 130 cm³/mol. The van der Waals surface area contributed by atoms with Crippen molar-refractivity contribution < 1.29 is 23.1 Å². The van der Waals surface area contributed by atoms with E-state index in [2.05, 4.69) is 20.6 Å². The Morgan fingerprint density at radius 1 is 1.19 bits per heavy atom. The fourth-order valence-corrected chi connectivity index (χ4v) is 4.58. The number of ether oxygens (including phenoxy) is 1. The summed E-state index contributed by atoms with van der Waals surface area (Å²) in [5.41, 5.74) is 0.767. The monoisotopic (exact) mass is 498 g/mol. The van der Waals surface area contributed by atoms with E-state index in [1.54, 1.807) is 50.6 Å². The number of anilines is 1. The number of halogens is 2. The predicted octanol–water partition coefficient (Wildman–Crippen LogP) is 4.75. The third-order valence-corrected chi connectivity index (χ3v) is 6.68. The van der Waals surface area contributed by atoms with Crippen molar-refractivity contribution in [1.82, 2.24) is 20.2 Å². The molecule has 36 heavy (non-hydrogen) atoms. The van der Waals surface area contributed by atoms with Crippen molar-refractivity contribution in [2.45, 2.75) is 45.0 Å². The molecule has 0 aromatic carbocycles. The minimum absolute atomic E-state index is 0.0921. The molecule has 1 aliphatic carbocycles. The minimum Gasteiger partial charge on any atom is -0.455 e. The van der Waals surface area contributed by atoms with Crippen LogP contribution in [0.3, 0.4) is 0 Å². The van der Waals surface area contributed by atoms with Gasteiger partial charge in [0, 0.05) is 56.7 Å². The van der Waals surface area contributed by atoms with E-state index in [4.69, 9.17) is 10.1 Å². The number of pyridine rings is 2. The van der Waals surface area contributed by atoms with E-state index in [9.17, 15) is 18.4 Å². The van der Waals surface area contributed by atoms with Crippen LogP contribution in [0.5, 0.6) is 11.5 Å². The molecule has 1 saturated carbocycles. The second-order valence-electron chi connectivity index (χ2n) is 9.06. The van der Waals surface area contributed by atoms with Crippen LogP contribution in [0.4, 0.5) is 19.4 Å². The Bertz CT molecular complexity index is 1210. The van der Waals surface area contributed by atoms with Crippen molar-refractivity contribution in [3.8, 4) is 11.5 Å². The number of alkyl halides is 2. The second-order valence-corrected chi connectivity index (χ2v) is 9.06. The summed E-state index contributed by atoms with van der Waals surface area (Å²) in [6, 6.07) is 5.96. The Kier molecular flexibility index (Phi) is 7.00. The van der Waals surface area contributed by atoms with Crippen LogP contribution in [0.1, 0.15) is 43.5 Å². The molecular formula is C25H28F2N6O3. The molecule has 4 rings (SSSR count). The normalized spacial score (nSPS) is 18.7. The maximum atomic E-state index is 13.6. The first-order valence-electron chi connectivity index (χ1n) is 11.7. The van der Waals surface area contributed by atoms with Crippen LogP contribution in [-0.4, -0.2) is 52.5 Å². The molecule has 3 heterocycles. The molecule has 0 unspecified atom stereocenters. The third kappa shape index (κ3) is 5.19. The highest BCUT2D eigenvalue weighted by atomic mass is 19.3. The molecule has 0 bridgehead atoms. The van der Waals surface area contributed by atoms with Crippen molar-refractivity contribution in [1.29, 1.82) is 5.41 Å². The fraction of sp³-hybridized carbons (Fsp3) is 0.400. The van der Waals surface area contributed by atoms with Gasteiger partial charge in [-0.3, -0.25) is 20.0 Å². The van der Waals surface area contributed by atoms with E-state index in [-0.39, 0.29) is 38.0 Å². The van der Waals surface area contributed by atoms with Gasteiger partial charge < -0.3 is 15.5 Å². The number of urea groups is 1. The molecule has 1 aliphatic heterocycles. The van der Waals surface area contributed by atoms with E-state index in [1.165, 1.54) is 6.21 Å². The van der Waals surface area contributed by atoms with E-state index < -0.39 is 23.3 Å². The lowest BCUT2D eigenvalue weighted by atomic mass is 9.72. The lowest BCUT2D eigenvalue weighted by molar-refractivity contribution is -0.140. The number of imide groups is 1. The number of allylic oxidation sites excluding steroid dienone is 1. The van der Waals surface area contributed by atoms with Gasteiger partial charge in [-0.2, -0.15) is 0 Å². The van der Waals surface area contributed by atoms with Gasteiger partial charge >= 0.3 is 6.03 Å². The summed E-state index contributed by atoms with van der Waals surface area (Å²) in [6.45, 7) is 1.91. The zero-order valence-corrected chi connectivity index (χ0v) is 20.1. The van der Waals surface area contributed by atoms with E-state index in [1.807, 2.05) is 0 Å². The zero-order chi connectivity index (χ0) is 25.9. The highest BCUT2D eigenvalue weighted by Crippen LogP contribution is 2.49. The number of rotatable bonds is 6. The second kappa shape index (κ2) is 10.00. The van der Waals surface area contributed by atoms with Gasteiger partial charge in [0.05, 0.1) is 16.8 Å².